The topological polar surface area (TPSA) is 29.1 Å². The molecule has 1 saturated heterocycles. The van der Waals surface area contributed by atoms with Crippen molar-refractivity contribution in [2.75, 3.05) is 16.8 Å². The van der Waals surface area contributed by atoms with Crippen molar-refractivity contribution < 1.29 is 4.79 Å². The Morgan fingerprint density at radius 1 is 1.56 bits per heavy atom. The van der Waals surface area contributed by atoms with E-state index in [2.05, 4.69) is 21.2 Å². The van der Waals surface area contributed by atoms with Crippen LogP contribution in [0.2, 0.25) is 0 Å². The van der Waals surface area contributed by atoms with Gasteiger partial charge in [-0.25, -0.2) is 0 Å². The fourth-order valence-electron chi connectivity index (χ4n) is 1.70. The number of rotatable bonds is 2. The smallest absolute Gasteiger partial charge is 0.228 e. The van der Waals surface area contributed by atoms with Gasteiger partial charge in [0.25, 0.3) is 0 Å². The largest absolute Gasteiger partial charge is 0.325 e. The van der Waals surface area contributed by atoms with Crippen molar-refractivity contribution in [2.24, 2.45) is 5.92 Å². The number of carbonyl (C=O) groups excluding carboxylic acids is 1. The summed E-state index contributed by atoms with van der Waals surface area (Å²) in [5, 5.41) is 2.98. The zero-order chi connectivity index (χ0) is 11.5. The number of amides is 1. The second-order valence-corrected chi connectivity index (χ2v) is 6.04. The van der Waals surface area contributed by atoms with Crippen LogP contribution in [0, 0.1) is 12.8 Å². The van der Waals surface area contributed by atoms with Gasteiger partial charge < -0.3 is 5.32 Å². The van der Waals surface area contributed by atoms with Crippen LogP contribution in [0.25, 0.3) is 0 Å². The molecule has 1 atom stereocenters. The van der Waals surface area contributed by atoms with Gasteiger partial charge in [0.1, 0.15) is 0 Å². The standard InChI is InChI=1S/C12H14BrNOS/c1-8-2-3-11(10(13)6-8)14-12(15)9-4-5-16-7-9/h2-3,6,9H,4-5,7H2,1H3,(H,14,15). The van der Waals surface area contributed by atoms with E-state index in [-0.39, 0.29) is 11.8 Å². The molecule has 1 aliphatic heterocycles. The lowest BCUT2D eigenvalue weighted by atomic mass is 10.1. The van der Waals surface area contributed by atoms with E-state index in [4.69, 9.17) is 0 Å². The zero-order valence-corrected chi connectivity index (χ0v) is 11.5. The number of hydrogen-bond donors (Lipinski definition) is 1. The van der Waals surface area contributed by atoms with Crippen LogP contribution in [0.4, 0.5) is 5.69 Å². The Morgan fingerprint density at radius 2 is 2.38 bits per heavy atom. The van der Waals surface area contributed by atoms with Crippen LogP contribution in [0.5, 0.6) is 0 Å². The van der Waals surface area contributed by atoms with E-state index in [0.717, 1.165) is 28.1 Å². The fourth-order valence-corrected chi connectivity index (χ4v) is 3.51. The molecule has 0 bridgehead atoms. The van der Waals surface area contributed by atoms with E-state index in [1.54, 1.807) is 0 Å². The van der Waals surface area contributed by atoms with Crippen molar-refractivity contribution in [1.82, 2.24) is 0 Å². The number of aryl methyl sites for hydroxylation is 1. The summed E-state index contributed by atoms with van der Waals surface area (Å²) in [5.41, 5.74) is 2.05. The van der Waals surface area contributed by atoms with Crippen LogP contribution in [0.15, 0.2) is 22.7 Å². The van der Waals surface area contributed by atoms with Crippen molar-refractivity contribution in [1.29, 1.82) is 0 Å². The lowest BCUT2D eigenvalue weighted by Gasteiger charge is -2.11. The number of benzene rings is 1. The summed E-state index contributed by atoms with van der Waals surface area (Å²) < 4.78 is 0.950. The first-order chi connectivity index (χ1) is 7.66. The first kappa shape index (κ1) is 12.0. The average Bonchev–Trinajstić information content (AvgIpc) is 2.75. The van der Waals surface area contributed by atoms with Gasteiger partial charge >= 0.3 is 0 Å². The molecule has 1 aliphatic rings. The molecule has 0 spiro atoms. The Labute approximate surface area is 108 Å². The molecule has 0 aliphatic carbocycles. The zero-order valence-electron chi connectivity index (χ0n) is 9.13. The quantitative estimate of drug-likeness (QED) is 0.906. The second kappa shape index (κ2) is 5.23. The lowest BCUT2D eigenvalue weighted by molar-refractivity contribution is -0.119. The maximum atomic E-state index is 11.9. The highest BCUT2D eigenvalue weighted by atomic mass is 79.9. The van der Waals surface area contributed by atoms with E-state index in [1.165, 1.54) is 5.56 Å². The third kappa shape index (κ3) is 2.80. The van der Waals surface area contributed by atoms with E-state index in [0.29, 0.717) is 0 Å². The van der Waals surface area contributed by atoms with Gasteiger partial charge in [0.15, 0.2) is 0 Å². The lowest BCUT2D eigenvalue weighted by Crippen LogP contribution is -2.22. The number of anilines is 1. The van der Waals surface area contributed by atoms with Gasteiger partial charge in [0, 0.05) is 16.1 Å². The summed E-state index contributed by atoms with van der Waals surface area (Å²) in [6.07, 6.45) is 1.000. The van der Waals surface area contributed by atoms with Gasteiger partial charge in [-0.1, -0.05) is 6.07 Å². The average molecular weight is 300 g/mol. The molecule has 16 heavy (non-hydrogen) atoms. The van der Waals surface area contributed by atoms with Gasteiger partial charge in [0.05, 0.1) is 5.69 Å². The monoisotopic (exact) mass is 299 g/mol. The maximum absolute atomic E-state index is 11.9. The number of halogens is 1. The number of nitrogens with one attached hydrogen (secondary N) is 1. The summed E-state index contributed by atoms with van der Waals surface area (Å²) >= 11 is 5.32. The molecule has 1 aromatic carbocycles. The van der Waals surface area contributed by atoms with Crippen molar-refractivity contribution in [3.8, 4) is 0 Å². The molecule has 0 saturated carbocycles. The molecule has 1 fully saturated rings. The Bertz CT molecular complexity index is 402. The third-order valence-corrected chi connectivity index (χ3v) is 4.50. The molecular weight excluding hydrogens is 286 g/mol. The molecule has 2 nitrogen and oxygen atoms in total. The minimum absolute atomic E-state index is 0.148. The Morgan fingerprint density at radius 3 is 3.00 bits per heavy atom. The first-order valence-electron chi connectivity index (χ1n) is 5.31. The van der Waals surface area contributed by atoms with Crippen molar-refractivity contribution in [3.05, 3.63) is 28.2 Å². The van der Waals surface area contributed by atoms with E-state index >= 15 is 0 Å². The van der Waals surface area contributed by atoms with Gasteiger partial charge in [-0.2, -0.15) is 11.8 Å². The molecule has 1 unspecified atom stereocenters. The minimum Gasteiger partial charge on any atom is -0.325 e. The normalized spacial score (nSPS) is 19.8. The molecule has 0 radical (unpaired) electrons. The van der Waals surface area contributed by atoms with Gasteiger partial charge in [-0.15, -0.1) is 0 Å². The summed E-state index contributed by atoms with van der Waals surface area (Å²) in [5.74, 6) is 2.38. The van der Waals surface area contributed by atoms with Crippen molar-refractivity contribution in [3.63, 3.8) is 0 Å². The molecular formula is C12H14BrNOS. The minimum atomic E-state index is 0.148. The summed E-state index contributed by atoms with van der Waals surface area (Å²) in [6.45, 7) is 2.03. The highest BCUT2D eigenvalue weighted by Gasteiger charge is 2.23. The van der Waals surface area contributed by atoms with Crippen LogP contribution in [0.1, 0.15) is 12.0 Å². The highest BCUT2D eigenvalue weighted by molar-refractivity contribution is 9.10. The molecule has 1 amide bonds. The predicted octanol–water partition coefficient (Wildman–Crippen LogP) is 3.45. The summed E-state index contributed by atoms with van der Waals surface area (Å²) in [4.78, 5) is 11.9. The third-order valence-electron chi connectivity index (χ3n) is 2.68. The number of hydrogen-bond acceptors (Lipinski definition) is 2. The highest BCUT2D eigenvalue weighted by Crippen LogP contribution is 2.27. The first-order valence-corrected chi connectivity index (χ1v) is 7.26. The molecule has 2 rings (SSSR count). The van der Waals surface area contributed by atoms with Crippen LogP contribution < -0.4 is 5.32 Å². The Hall–Kier alpha value is -0.480. The Kier molecular flexibility index (Phi) is 3.92. The maximum Gasteiger partial charge on any atom is 0.228 e. The van der Waals surface area contributed by atoms with E-state index in [1.807, 2.05) is 36.9 Å². The second-order valence-electron chi connectivity index (χ2n) is 4.03. The Balaban J connectivity index is 2.05. The van der Waals surface area contributed by atoms with Crippen LogP contribution in [0.3, 0.4) is 0 Å². The van der Waals surface area contributed by atoms with Gasteiger partial charge in [-0.05, 0) is 52.7 Å². The van der Waals surface area contributed by atoms with Crippen molar-refractivity contribution >= 4 is 39.3 Å². The predicted molar refractivity (Wildman–Crippen MR) is 72.9 cm³/mol. The molecule has 0 aromatic heterocycles. The van der Waals surface area contributed by atoms with E-state index in [9.17, 15) is 4.79 Å². The van der Waals surface area contributed by atoms with Crippen LogP contribution >= 0.6 is 27.7 Å². The molecule has 1 heterocycles. The molecule has 1 aromatic rings. The van der Waals surface area contributed by atoms with E-state index < -0.39 is 0 Å². The van der Waals surface area contributed by atoms with Gasteiger partial charge in [-0.3, -0.25) is 4.79 Å². The van der Waals surface area contributed by atoms with Crippen molar-refractivity contribution in [2.45, 2.75) is 13.3 Å². The van der Waals surface area contributed by atoms with Crippen LogP contribution in [-0.4, -0.2) is 17.4 Å². The number of carbonyl (C=O) groups is 1. The number of thioether (sulfide) groups is 1. The SMILES string of the molecule is Cc1ccc(NC(=O)C2CCSC2)c(Br)c1. The molecule has 1 N–H and O–H groups in total. The summed E-state index contributed by atoms with van der Waals surface area (Å²) in [7, 11) is 0. The molecule has 86 valence electrons. The van der Waals surface area contributed by atoms with Crippen LogP contribution in [-0.2, 0) is 4.79 Å². The fraction of sp³-hybridized carbons (Fsp3) is 0.417. The van der Waals surface area contributed by atoms with Gasteiger partial charge in [0.2, 0.25) is 5.91 Å². The molecule has 4 heteroatoms. The summed E-state index contributed by atoms with van der Waals surface area (Å²) in [6, 6.07) is 5.96.